The van der Waals surface area contributed by atoms with Gasteiger partial charge in [0.2, 0.25) is 0 Å². The van der Waals surface area contributed by atoms with Gasteiger partial charge in [0.25, 0.3) is 5.91 Å². The van der Waals surface area contributed by atoms with Crippen molar-refractivity contribution in [3.63, 3.8) is 0 Å². The van der Waals surface area contributed by atoms with E-state index in [1.54, 1.807) is 24.3 Å². The number of Topliss-reactive ketones (excluding diaryl/α,β-unsaturated/α-hetero) is 2. The smallest absolute Gasteiger partial charge is 0.250 e. The van der Waals surface area contributed by atoms with Crippen LogP contribution in [0.1, 0.15) is 64.1 Å². The second-order valence-electron chi connectivity index (χ2n) is 6.96. The lowest BCUT2D eigenvalue weighted by atomic mass is 9.75. The van der Waals surface area contributed by atoms with E-state index < -0.39 is 5.91 Å². The van der Waals surface area contributed by atoms with Crippen LogP contribution in [0, 0.1) is 5.41 Å². The monoisotopic (exact) mass is 325 g/mol. The van der Waals surface area contributed by atoms with Crippen LogP contribution in [-0.2, 0) is 6.42 Å². The Morgan fingerprint density at radius 2 is 1.88 bits per heavy atom. The second-order valence-corrected chi connectivity index (χ2v) is 6.96. The standard InChI is InChI=1S/C18H19N3O3/c1-10(22)16-15-13(8-18(2,3)9-14(15)23)21(20-16)12-7-5-4-6-11(12)17(19)24/h4-7H,8-9H2,1-3H3,(H2,19,24). The van der Waals surface area contributed by atoms with E-state index in [0.717, 1.165) is 0 Å². The zero-order valence-corrected chi connectivity index (χ0v) is 13.9. The van der Waals surface area contributed by atoms with Crippen molar-refractivity contribution in [1.82, 2.24) is 9.78 Å². The molecule has 6 nitrogen and oxygen atoms in total. The maximum absolute atomic E-state index is 12.6. The maximum atomic E-state index is 12.6. The van der Waals surface area contributed by atoms with Gasteiger partial charge < -0.3 is 5.73 Å². The number of aromatic nitrogens is 2. The molecule has 2 N–H and O–H groups in total. The molecule has 0 spiro atoms. The van der Waals surface area contributed by atoms with Crippen LogP contribution in [0.25, 0.3) is 5.69 Å². The lowest BCUT2D eigenvalue weighted by Gasteiger charge is -2.29. The number of amides is 1. The quantitative estimate of drug-likeness (QED) is 0.876. The number of carbonyl (C=O) groups excluding carboxylic acids is 3. The molecule has 0 fully saturated rings. The fourth-order valence-corrected chi connectivity index (χ4v) is 3.26. The van der Waals surface area contributed by atoms with Gasteiger partial charge in [-0.2, -0.15) is 5.10 Å². The van der Waals surface area contributed by atoms with Crippen molar-refractivity contribution in [2.75, 3.05) is 0 Å². The molecule has 1 heterocycles. The minimum absolute atomic E-state index is 0.0887. The Bertz CT molecular complexity index is 878. The first-order valence-corrected chi connectivity index (χ1v) is 7.76. The number of primary amides is 1. The number of ketones is 2. The molecule has 2 aromatic rings. The molecule has 1 aromatic heterocycles. The number of hydrogen-bond acceptors (Lipinski definition) is 4. The van der Waals surface area contributed by atoms with Gasteiger partial charge in [0.15, 0.2) is 11.6 Å². The van der Waals surface area contributed by atoms with E-state index in [-0.39, 0.29) is 22.7 Å². The zero-order valence-electron chi connectivity index (χ0n) is 13.9. The highest BCUT2D eigenvalue weighted by atomic mass is 16.1. The van der Waals surface area contributed by atoms with Crippen LogP contribution in [0.4, 0.5) is 0 Å². The van der Waals surface area contributed by atoms with Crippen LogP contribution in [0.2, 0.25) is 0 Å². The summed E-state index contributed by atoms with van der Waals surface area (Å²) in [6, 6.07) is 6.79. The Labute approximate surface area is 139 Å². The molecule has 1 amide bonds. The summed E-state index contributed by atoms with van der Waals surface area (Å²) in [5.74, 6) is -0.940. The lowest BCUT2D eigenvalue weighted by molar-refractivity contribution is 0.0900. The predicted molar refractivity (Wildman–Crippen MR) is 88.5 cm³/mol. The Morgan fingerprint density at radius 3 is 2.50 bits per heavy atom. The fourth-order valence-electron chi connectivity index (χ4n) is 3.26. The van der Waals surface area contributed by atoms with Crippen LogP contribution < -0.4 is 5.73 Å². The van der Waals surface area contributed by atoms with Crippen molar-refractivity contribution in [2.45, 2.75) is 33.6 Å². The molecule has 0 radical (unpaired) electrons. The Kier molecular flexibility index (Phi) is 3.63. The minimum atomic E-state index is -0.583. The molecule has 0 saturated carbocycles. The van der Waals surface area contributed by atoms with Gasteiger partial charge in [-0.25, -0.2) is 4.68 Å². The Morgan fingerprint density at radius 1 is 1.21 bits per heavy atom. The average molecular weight is 325 g/mol. The topological polar surface area (TPSA) is 95.0 Å². The highest BCUT2D eigenvalue weighted by Gasteiger charge is 2.38. The number of para-hydroxylation sites is 1. The third kappa shape index (κ3) is 2.54. The van der Waals surface area contributed by atoms with Crippen LogP contribution in [0.15, 0.2) is 24.3 Å². The molecule has 1 aliphatic rings. The summed E-state index contributed by atoms with van der Waals surface area (Å²) in [6.07, 6.45) is 0.949. The normalized spacial score (nSPS) is 15.9. The number of carbonyl (C=O) groups is 3. The van der Waals surface area contributed by atoms with Crippen molar-refractivity contribution < 1.29 is 14.4 Å². The molecule has 6 heteroatoms. The van der Waals surface area contributed by atoms with Gasteiger partial charge in [0, 0.05) is 13.3 Å². The van der Waals surface area contributed by atoms with Crippen LogP contribution in [0.3, 0.4) is 0 Å². The third-order valence-electron chi connectivity index (χ3n) is 4.28. The van der Waals surface area contributed by atoms with Crippen molar-refractivity contribution >= 4 is 17.5 Å². The summed E-state index contributed by atoms with van der Waals surface area (Å²) in [5, 5.41) is 4.36. The van der Waals surface area contributed by atoms with Crippen molar-refractivity contribution in [1.29, 1.82) is 0 Å². The van der Waals surface area contributed by atoms with Crippen LogP contribution >= 0.6 is 0 Å². The van der Waals surface area contributed by atoms with Crippen molar-refractivity contribution in [2.24, 2.45) is 11.1 Å². The molecule has 1 aromatic carbocycles. The molecule has 1 aliphatic carbocycles. The lowest BCUT2D eigenvalue weighted by Crippen LogP contribution is -2.29. The van der Waals surface area contributed by atoms with E-state index in [1.165, 1.54) is 11.6 Å². The van der Waals surface area contributed by atoms with E-state index in [9.17, 15) is 14.4 Å². The Balaban J connectivity index is 2.32. The number of nitrogens with zero attached hydrogens (tertiary/aromatic N) is 2. The maximum Gasteiger partial charge on any atom is 0.250 e. The SMILES string of the molecule is CC(=O)c1nn(-c2ccccc2C(N)=O)c2c1C(=O)CC(C)(C)C2. The molecular formula is C18H19N3O3. The molecule has 0 aliphatic heterocycles. The van der Waals surface area contributed by atoms with E-state index >= 15 is 0 Å². The summed E-state index contributed by atoms with van der Waals surface area (Å²) in [4.78, 5) is 36.3. The van der Waals surface area contributed by atoms with Gasteiger partial charge in [-0.05, 0) is 24.0 Å². The molecule has 24 heavy (non-hydrogen) atoms. The van der Waals surface area contributed by atoms with E-state index in [1.807, 2.05) is 13.8 Å². The second kappa shape index (κ2) is 5.40. The number of fused-ring (bicyclic) bond motifs is 1. The predicted octanol–water partition coefficient (Wildman–Crippen LogP) is 2.33. The van der Waals surface area contributed by atoms with Gasteiger partial charge in [0.05, 0.1) is 22.5 Å². The molecular weight excluding hydrogens is 306 g/mol. The first-order valence-electron chi connectivity index (χ1n) is 7.76. The number of nitrogens with two attached hydrogens (primary N) is 1. The summed E-state index contributed by atoms with van der Waals surface area (Å²) < 4.78 is 1.53. The van der Waals surface area contributed by atoms with Crippen molar-refractivity contribution in [3.8, 4) is 5.69 Å². The highest BCUT2D eigenvalue weighted by molar-refractivity contribution is 6.09. The molecule has 124 valence electrons. The van der Waals surface area contributed by atoms with Crippen LogP contribution in [-0.4, -0.2) is 27.3 Å². The third-order valence-corrected chi connectivity index (χ3v) is 4.28. The minimum Gasteiger partial charge on any atom is -0.366 e. The Hall–Kier alpha value is -2.76. The molecule has 3 rings (SSSR count). The zero-order chi connectivity index (χ0) is 17.6. The van der Waals surface area contributed by atoms with Gasteiger partial charge in [0.1, 0.15) is 5.69 Å². The number of rotatable bonds is 3. The summed E-state index contributed by atoms with van der Waals surface area (Å²) >= 11 is 0. The van der Waals surface area contributed by atoms with Gasteiger partial charge >= 0.3 is 0 Å². The first-order chi connectivity index (χ1) is 11.2. The van der Waals surface area contributed by atoms with Gasteiger partial charge in [-0.15, -0.1) is 0 Å². The molecule has 0 unspecified atom stereocenters. The summed E-state index contributed by atoms with van der Waals surface area (Å²) in [7, 11) is 0. The van der Waals surface area contributed by atoms with E-state index in [2.05, 4.69) is 5.10 Å². The summed E-state index contributed by atoms with van der Waals surface area (Å²) in [6.45, 7) is 5.39. The van der Waals surface area contributed by atoms with E-state index in [0.29, 0.717) is 35.3 Å². The number of benzene rings is 1. The fraction of sp³-hybridized carbons (Fsp3) is 0.333. The molecule has 0 atom stereocenters. The largest absolute Gasteiger partial charge is 0.366 e. The molecule has 0 bridgehead atoms. The van der Waals surface area contributed by atoms with E-state index in [4.69, 9.17) is 5.73 Å². The number of hydrogen-bond donors (Lipinski definition) is 1. The van der Waals surface area contributed by atoms with Crippen molar-refractivity contribution in [3.05, 3.63) is 46.8 Å². The highest BCUT2D eigenvalue weighted by Crippen LogP contribution is 2.37. The van der Waals surface area contributed by atoms with Gasteiger partial charge in [-0.1, -0.05) is 26.0 Å². The first kappa shape index (κ1) is 16.1. The van der Waals surface area contributed by atoms with Crippen LogP contribution in [0.5, 0.6) is 0 Å². The summed E-state index contributed by atoms with van der Waals surface area (Å²) in [5.41, 5.74) is 7.20. The molecule has 0 saturated heterocycles. The van der Waals surface area contributed by atoms with Gasteiger partial charge in [-0.3, -0.25) is 14.4 Å². The average Bonchev–Trinajstić information content (AvgIpc) is 2.85.